The van der Waals surface area contributed by atoms with E-state index in [0.29, 0.717) is 0 Å². The maximum absolute atomic E-state index is 13.5. The molecule has 21 heavy (non-hydrogen) atoms. The Balaban J connectivity index is 1.99. The van der Waals surface area contributed by atoms with Gasteiger partial charge < -0.3 is 10.6 Å². The second kappa shape index (κ2) is 6.63. The highest BCUT2D eigenvalue weighted by Gasteiger charge is 2.09. The SMILES string of the molecule is Cc1ccc([C@@H](C)NC(=S)Nc2ccc(F)cc2F)cc1. The molecule has 2 aromatic rings. The van der Waals surface area contributed by atoms with Crippen molar-refractivity contribution in [2.45, 2.75) is 19.9 Å². The van der Waals surface area contributed by atoms with Crippen molar-refractivity contribution in [2.75, 3.05) is 5.32 Å². The van der Waals surface area contributed by atoms with Crippen molar-refractivity contribution < 1.29 is 8.78 Å². The van der Waals surface area contributed by atoms with Crippen molar-refractivity contribution in [3.8, 4) is 0 Å². The number of thiocarbonyl (C=S) groups is 1. The van der Waals surface area contributed by atoms with E-state index in [1.807, 2.05) is 38.1 Å². The molecule has 0 bridgehead atoms. The van der Waals surface area contributed by atoms with E-state index < -0.39 is 11.6 Å². The van der Waals surface area contributed by atoms with Gasteiger partial charge in [-0.25, -0.2) is 8.78 Å². The predicted molar refractivity (Wildman–Crippen MR) is 85.3 cm³/mol. The number of halogens is 2. The molecule has 0 saturated carbocycles. The lowest BCUT2D eigenvalue weighted by atomic mass is 10.1. The summed E-state index contributed by atoms with van der Waals surface area (Å²) < 4.78 is 26.4. The number of benzene rings is 2. The van der Waals surface area contributed by atoms with Crippen LogP contribution in [0.1, 0.15) is 24.1 Å². The van der Waals surface area contributed by atoms with Gasteiger partial charge in [-0.05, 0) is 43.8 Å². The standard InChI is InChI=1S/C16H16F2N2S/c1-10-3-5-12(6-4-10)11(2)19-16(21)20-15-8-7-13(17)9-14(15)18/h3-9,11H,1-2H3,(H2,19,20,21)/t11-/m1/s1. The molecule has 0 spiro atoms. The number of hydrogen-bond donors (Lipinski definition) is 2. The molecule has 0 radical (unpaired) electrons. The van der Waals surface area contributed by atoms with Crippen molar-refractivity contribution >= 4 is 23.0 Å². The van der Waals surface area contributed by atoms with E-state index in [0.717, 1.165) is 11.6 Å². The molecule has 0 aliphatic rings. The molecular weight excluding hydrogens is 290 g/mol. The van der Waals surface area contributed by atoms with Gasteiger partial charge in [-0.15, -0.1) is 0 Å². The number of hydrogen-bond acceptors (Lipinski definition) is 1. The van der Waals surface area contributed by atoms with E-state index in [4.69, 9.17) is 12.2 Å². The van der Waals surface area contributed by atoms with Crippen LogP contribution in [-0.2, 0) is 0 Å². The van der Waals surface area contributed by atoms with E-state index in [1.54, 1.807) is 0 Å². The quantitative estimate of drug-likeness (QED) is 0.826. The number of rotatable bonds is 3. The van der Waals surface area contributed by atoms with E-state index in [1.165, 1.54) is 17.7 Å². The molecule has 0 fully saturated rings. The van der Waals surface area contributed by atoms with Gasteiger partial charge in [-0.2, -0.15) is 0 Å². The van der Waals surface area contributed by atoms with Crippen LogP contribution in [0.4, 0.5) is 14.5 Å². The Morgan fingerprint density at radius 3 is 2.38 bits per heavy atom. The molecule has 0 aliphatic heterocycles. The molecule has 0 unspecified atom stereocenters. The second-order valence-electron chi connectivity index (χ2n) is 4.86. The van der Waals surface area contributed by atoms with Crippen LogP contribution in [0, 0.1) is 18.6 Å². The molecule has 0 heterocycles. The van der Waals surface area contributed by atoms with Crippen LogP contribution in [0.15, 0.2) is 42.5 Å². The summed E-state index contributed by atoms with van der Waals surface area (Å²) in [5.74, 6) is -1.30. The number of anilines is 1. The zero-order valence-corrected chi connectivity index (χ0v) is 12.6. The summed E-state index contributed by atoms with van der Waals surface area (Å²) in [6.07, 6.45) is 0. The monoisotopic (exact) mass is 306 g/mol. The van der Waals surface area contributed by atoms with Gasteiger partial charge >= 0.3 is 0 Å². The van der Waals surface area contributed by atoms with Gasteiger partial charge in [0.25, 0.3) is 0 Å². The molecule has 2 rings (SSSR count). The zero-order chi connectivity index (χ0) is 15.4. The fraction of sp³-hybridized carbons (Fsp3) is 0.188. The highest BCUT2D eigenvalue weighted by molar-refractivity contribution is 7.80. The zero-order valence-electron chi connectivity index (χ0n) is 11.8. The third kappa shape index (κ3) is 4.23. The summed E-state index contributed by atoms with van der Waals surface area (Å²) in [7, 11) is 0. The van der Waals surface area contributed by atoms with E-state index in [9.17, 15) is 8.78 Å². The molecule has 5 heteroatoms. The fourth-order valence-corrected chi connectivity index (χ4v) is 2.17. The third-order valence-corrected chi connectivity index (χ3v) is 3.32. The average molecular weight is 306 g/mol. The maximum atomic E-state index is 13.5. The Bertz CT molecular complexity index is 641. The van der Waals surface area contributed by atoms with Crippen LogP contribution >= 0.6 is 12.2 Å². The molecule has 110 valence electrons. The lowest BCUT2D eigenvalue weighted by molar-refractivity contribution is 0.586. The van der Waals surface area contributed by atoms with E-state index in [-0.39, 0.29) is 16.8 Å². The summed E-state index contributed by atoms with van der Waals surface area (Å²) in [5.41, 5.74) is 2.40. The Hall–Kier alpha value is -2.01. The lowest BCUT2D eigenvalue weighted by Gasteiger charge is -2.18. The first-order chi connectivity index (χ1) is 9.95. The van der Waals surface area contributed by atoms with Gasteiger partial charge in [0.15, 0.2) is 5.11 Å². The first-order valence-corrected chi connectivity index (χ1v) is 6.95. The number of aryl methyl sites for hydroxylation is 1. The minimum absolute atomic E-state index is 0.0193. The Labute approximate surface area is 128 Å². The Morgan fingerprint density at radius 2 is 1.76 bits per heavy atom. The minimum atomic E-state index is -0.679. The van der Waals surface area contributed by atoms with Crippen LogP contribution in [0.25, 0.3) is 0 Å². The van der Waals surface area contributed by atoms with E-state index >= 15 is 0 Å². The summed E-state index contributed by atoms with van der Waals surface area (Å²) >= 11 is 5.15. The van der Waals surface area contributed by atoms with Crippen LogP contribution in [-0.4, -0.2) is 5.11 Å². The highest BCUT2D eigenvalue weighted by atomic mass is 32.1. The van der Waals surface area contributed by atoms with Gasteiger partial charge in [0.1, 0.15) is 11.6 Å². The molecular formula is C16H16F2N2S. The fourth-order valence-electron chi connectivity index (χ4n) is 1.88. The lowest BCUT2D eigenvalue weighted by Crippen LogP contribution is -2.31. The molecule has 0 amide bonds. The molecule has 0 aromatic heterocycles. The van der Waals surface area contributed by atoms with Gasteiger partial charge in [-0.1, -0.05) is 29.8 Å². The van der Waals surface area contributed by atoms with Crippen LogP contribution in [0.3, 0.4) is 0 Å². The van der Waals surface area contributed by atoms with Crippen LogP contribution in [0.2, 0.25) is 0 Å². The molecule has 2 aromatic carbocycles. The minimum Gasteiger partial charge on any atom is -0.356 e. The highest BCUT2D eigenvalue weighted by Crippen LogP contribution is 2.16. The van der Waals surface area contributed by atoms with Crippen molar-refractivity contribution in [3.63, 3.8) is 0 Å². The van der Waals surface area contributed by atoms with Crippen LogP contribution < -0.4 is 10.6 Å². The summed E-state index contributed by atoms with van der Waals surface area (Å²) in [5, 5.41) is 6.08. The summed E-state index contributed by atoms with van der Waals surface area (Å²) in [6, 6.07) is 11.3. The molecule has 1 atom stereocenters. The van der Waals surface area contributed by atoms with Crippen molar-refractivity contribution in [2.24, 2.45) is 0 Å². The van der Waals surface area contributed by atoms with Crippen molar-refractivity contribution in [3.05, 3.63) is 65.2 Å². The first-order valence-electron chi connectivity index (χ1n) is 6.55. The third-order valence-electron chi connectivity index (χ3n) is 3.10. The molecule has 0 aliphatic carbocycles. The van der Waals surface area contributed by atoms with Gasteiger partial charge in [0.05, 0.1) is 11.7 Å². The predicted octanol–water partition coefficient (Wildman–Crippen LogP) is 4.32. The summed E-state index contributed by atoms with van der Waals surface area (Å²) in [6.45, 7) is 3.98. The molecule has 2 nitrogen and oxygen atoms in total. The smallest absolute Gasteiger partial charge is 0.171 e. The van der Waals surface area contributed by atoms with Crippen molar-refractivity contribution in [1.29, 1.82) is 0 Å². The molecule has 2 N–H and O–H groups in total. The van der Waals surface area contributed by atoms with Gasteiger partial charge in [0.2, 0.25) is 0 Å². The topological polar surface area (TPSA) is 24.1 Å². The van der Waals surface area contributed by atoms with Crippen LogP contribution in [0.5, 0.6) is 0 Å². The largest absolute Gasteiger partial charge is 0.356 e. The Morgan fingerprint density at radius 1 is 1.10 bits per heavy atom. The first kappa shape index (κ1) is 15.4. The summed E-state index contributed by atoms with van der Waals surface area (Å²) in [4.78, 5) is 0. The Kier molecular flexibility index (Phi) is 4.85. The average Bonchev–Trinajstić information content (AvgIpc) is 2.42. The maximum Gasteiger partial charge on any atom is 0.171 e. The number of nitrogens with one attached hydrogen (secondary N) is 2. The second-order valence-corrected chi connectivity index (χ2v) is 5.26. The van der Waals surface area contributed by atoms with Gasteiger partial charge in [-0.3, -0.25) is 0 Å². The van der Waals surface area contributed by atoms with Crippen molar-refractivity contribution in [1.82, 2.24) is 5.32 Å². The molecule has 0 saturated heterocycles. The normalized spacial score (nSPS) is 11.8. The van der Waals surface area contributed by atoms with Gasteiger partial charge in [0, 0.05) is 6.07 Å². The van der Waals surface area contributed by atoms with E-state index in [2.05, 4.69) is 10.6 Å².